The number of carboxylic acids is 1. The first kappa shape index (κ1) is 13.2. The van der Waals surface area contributed by atoms with Crippen LogP contribution in [0.15, 0.2) is 22.7 Å². The number of benzene rings is 1. The lowest BCUT2D eigenvalue weighted by Crippen LogP contribution is -2.26. The number of hydrogen-bond donors (Lipinski definition) is 1. The van der Waals surface area contributed by atoms with Crippen LogP contribution in [-0.2, 0) is 17.6 Å². The van der Waals surface area contributed by atoms with Gasteiger partial charge < -0.3 is 5.11 Å². The molecule has 0 aliphatic heterocycles. The summed E-state index contributed by atoms with van der Waals surface area (Å²) >= 11 is 3.45. The number of carboxylic acid groups (broad SMARTS) is 1. The van der Waals surface area contributed by atoms with Gasteiger partial charge in [0.15, 0.2) is 0 Å². The maximum Gasteiger partial charge on any atom is 0.309 e. The average Bonchev–Trinajstić information content (AvgIpc) is 2.15. The zero-order valence-electron chi connectivity index (χ0n) is 9.88. The van der Waals surface area contributed by atoms with E-state index in [2.05, 4.69) is 35.0 Å². The summed E-state index contributed by atoms with van der Waals surface area (Å²) in [6.07, 6.45) is 1.51. The van der Waals surface area contributed by atoms with Crippen molar-refractivity contribution in [1.82, 2.24) is 0 Å². The predicted octanol–water partition coefficient (Wildman–Crippen LogP) is 3.66. The molecule has 0 spiro atoms. The van der Waals surface area contributed by atoms with Gasteiger partial charge in [-0.1, -0.05) is 28.9 Å². The second kappa shape index (κ2) is 5.00. The van der Waals surface area contributed by atoms with Gasteiger partial charge >= 0.3 is 5.97 Å². The molecule has 0 aliphatic rings. The largest absolute Gasteiger partial charge is 0.481 e. The van der Waals surface area contributed by atoms with Gasteiger partial charge in [0.25, 0.3) is 0 Å². The van der Waals surface area contributed by atoms with Gasteiger partial charge in [0, 0.05) is 4.47 Å². The second-order valence-corrected chi connectivity index (χ2v) is 5.60. The first-order valence-electron chi connectivity index (χ1n) is 5.37. The summed E-state index contributed by atoms with van der Waals surface area (Å²) in [6.45, 7) is 5.59. The summed E-state index contributed by atoms with van der Waals surface area (Å²) in [6, 6.07) is 6.14. The third-order valence-electron chi connectivity index (χ3n) is 2.65. The van der Waals surface area contributed by atoms with Crippen molar-refractivity contribution < 1.29 is 9.90 Å². The monoisotopic (exact) mass is 284 g/mol. The van der Waals surface area contributed by atoms with Crippen molar-refractivity contribution in [3.05, 3.63) is 33.8 Å². The van der Waals surface area contributed by atoms with Crippen LogP contribution in [0.3, 0.4) is 0 Å². The van der Waals surface area contributed by atoms with E-state index in [0.717, 1.165) is 16.5 Å². The molecule has 0 aromatic heterocycles. The minimum atomic E-state index is -0.759. The van der Waals surface area contributed by atoms with E-state index in [1.807, 2.05) is 6.07 Å². The van der Waals surface area contributed by atoms with E-state index >= 15 is 0 Å². The highest BCUT2D eigenvalue weighted by Gasteiger charge is 2.27. The minimum Gasteiger partial charge on any atom is -0.481 e. The lowest BCUT2D eigenvalue weighted by atomic mass is 9.85. The Labute approximate surface area is 105 Å². The van der Waals surface area contributed by atoms with Crippen molar-refractivity contribution in [2.45, 2.75) is 33.6 Å². The number of hydrogen-bond acceptors (Lipinski definition) is 1. The number of rotatable bonds is 4. The molecule has 3 heteroatoms. The molecule has 0 aliphatic carbocycles. The minimum absolute atomic E-state index is 0.550. The average molecular weight is 285 g/mol. The topological polar surface area (TPSA) is 37.3 Å². The second-order valence-electron chi connectivity index (χ2n) is 4.69. The Bertz CT molecular complexity index is 397. The Morgan fingerprint density at radius 3 is 2.38 bits per heavy atom. The third-order valence-corrected chi connectivity index (χ3v) is 3.11. The SMILES string of the molecule is CCc1cc(Br)cc(CC(C)(C)C(=O)O)c1. The quantitative estimate of drug-likeness (QED) is 0.916. The van der Waals surface area contributed by atoms with E-state index in [4.69, 9.17) is 5.11 Å². The van der Waals surface area contributed by atoms with Crippen LogP contribution < -0.4 is 0 Å². The molecule has 0 fully saturated rings. The molecule has 0 heterocycles. The molecule has 1 aromatic carbocycles. The molecular formula is C13H17BrO2. The first-order chi connectivity index (χ1) is 7.35. The number of halogens is 1. The fraction of sp³-hybridized carbons (Fsp3) is 0.462. The molecule has 0 saturated heterocycles. The number of aliphatic carboxylic acids is 1. The Kier molecular flexibility index (Phi) is 4.14. The predicted molar refractivity (Wildman–Crippen MR) is 68.6 cm³/mol. The third kappa shape index (κ3) is 3.34. The molecule has 1 rings (SSSR count). The van der Waals surface area contributed by atoms with Gasteiger partial charge in [-0.25, -0.2) is 0 Å². The Morgan fingerprint density at radius 2 is 1.88 bits per heavy atom. The number of aryl methyl sites for hydroxylation is 1. The van der Waals surface area contributed by atoms with Crippen LogP contribution in [0, 0.1) is 5.41 Å². The van der Waals surface area contributed by atoms with E-state index in [0.29, 0.717) is 6.42 Å². The molecule has 88 valence electrons. The van der Waals surface area contributed by atoms with Gasteiger partial charge in [-0.15, -0.1) is 0 Å². The molecule has 2 nitrogen and oxygen atoms in total. The molecule has 0 atom stereocenters. The fourth-order valence-electron chi connectivity index (χ4n) is 1.61. The Balaban J connectivity index is 2.97. The molecule has 1 N–H and O–H groups in total. The summed E-state index contributed by atoms with van der Waals surface area (Å²) in [5.41, 5.74) is 1.58. The first-order valence-corrected chi connectivity index (χ1v) is 6.16. The van der Waals surface area contributed by atoms with Crippen LogP contribution in [0.2, 0.25) is 0 Å². The zero-order chi connectivity index (χ0) is 12.3. The maximum absolute atomic E-state index is 11.1. The van der Waals surface area contributed by atoms with Crippen molar-refractivity contribution in [2.24, 2.45) is 5.41 Å². The van der Waals surface area contributed by atoms with Gasteiger partial charge in [0.2, 0.25) is 0 Å². The zero-order valence-corrected chi connectivity index (χ0v) is 11.5. The maximum atomic E-state index is 11.1. The molecule has 0 amide bonds. The Morgan fingerprint density at radius 1 is 1.31 bits per heavy atom. The van der Waals surface area contributed by atoms with E-state index in [1.54, 1.807) is 13.8 Å². The number of carbonyl (C=O) groups is 1. The van der Waals surface area contributed by atoms with Crippen LogP contribution in [0.25, 0.3) is 0 Å². The smallest absolute Gasteiger partial charge is 0.309 e. The highest BCUT2D eigenvalue weighted by molar-refractivity contribution is 9.10. The highest BCUT2D eigenvalue weighted by Crippen LogP contribution is 2.25. The van der Waals surface area contributed by atoms with Crippen molar-refractivity contribution >= 4 is 21.9 Å². The van der Waals surface area contributed by atoms with Gasteiger partial charge in [-0.3, -0.25) is 4.79 Å². The van der Waals surface area contributed by atoms with E-state index in [9.17, 15) is 4.79 Å². The summed E-state index contributed by atoms with van der Waals surface area (Å²) < 4.78 is 1.02. The molecular weight excluding hydrogens is 268 g/mol. The molecule has 16 heavy (non-hydrogen) atoms. The van der Waals surface area contributed by atoms with Crippen LogP contribution in [0.1, 0.15) is 31.9 Å². The summed E-state index contributed by atoms with van der Waals surface area (Å²) in [7, 11) is 0. The van der Waals surface area contributed by atoms with Crippen LogP contribution >= 0.6 is 15.9 Å². The van der Waals surface area contributed by atoms with Crippen molar-refractivity contribution in [2.75, 3.05) is 0 Å². The lowest BCUT2D eigenvalue weighted by molar-refractivity contribution is -0.146. The van der Waals surface area contributed by atoms with Gasteiger partial charge in [-0.05, 0) is 49.9 Å². The van der Waals surface area contributed by atoms with Crippen molar-refractivity contribution in [3.8, 4) is 0 Å². The molecule has 1 aromatic rings. The molecule has 0 radical (unpaired) electrons. The lowest BCUT2D eigenvalue weighted by Gasteiger charge is -2.19. The van der Waals surface area contributed by atoms with Crippen molar-refractivity contribution in [3.63, 3.8) is 0 Å². The van der Waals surface area contributed by atoms with E-state index in [1.165, 1.54) is 5.56 Å². The van der Waals surface area contributed by atoms with Gasteiger partial charge in [-0.2, -0.15) is 0 Å². The summed E-state index contributed by atoms with van der Waals surface area (Å²) in [5, 5.41) is 9.09. The fourth-order valence-corrected chi connectivity index (χ4v) is 2.20. The van der Waals surface area contributed by atoms with Crippen LogP contribution in [-0.4, -0.2) is 11.1 Å². The van der Waals surface area contributed by atoms with E-state index < -0.39 is 11.4 Å². The summed E-state index contributed by atoms with van der Waals surface area (Å²) in [4.78, 5) is 11.1. The van der Waals surface area contributed by atoms with Gasteiger partial charge in [0.05, 0.1) is 5.41 Å². The molecule has 0 saturated carbocycles. The van der Waals surface area contributed by atoms with E-state index in [-0.39, 0.29) is 0 Å². The molecule has 0 bridgehead atoms. The highest BCUT2D eigenvalue weighted by atomic mass is 79.9. The molecule has 0 unspecified atom stereocenters. The summed E-state index contributed by atoms with van der Waals surface area (Å²) in [5.74, 6) is -0.759. The normalized spacial score (nSPS) is 11.5. The Hall–Kier alpha value is -0.830. The van der Waals surface area contributed by atoms with Crippen LogP contribution in [0.4, 0.5) is 0 Å². The van der Waals surface area contributed by atoms with Crippen LogP contribution in [0.5, 0.6) is 0 Å². The standard InChI is InChI=1S/C13H17BrO2/c1-4-9-5-10(7-11(14)6-9)8-13(2,3)12(15)16/h5-7H,4,8H2,1-3H3,(H,15,16). The van der Waals surface area contributed by atoms with Crippen molar-refractivity contribution in [1.29, 1.82) is 0 Å². The van der Waals surface area contributed by atoms with Gasteiger partial charge in [0.1, 0.15) is 0 Å².